The highest BCUT2D eigenvalue weighted by Gasteiger charge is 2.71. The van der Waals surface area contributed by atoms with E-state index in [0.717, 1.165) is 32.1 Å². The van der Waals surface area contributed by atoms with E-state index in [9.17, 15) is 14.4 Å². The van der Waals surface area contributed by atoms with Crippen LogP contribution in [0.2, 0.25) is 0 Å². The molecule has 8 nitrogen and oxygen atoms in total. The quantitative estimate of drug-likeness (QED) is 0.407. The van der Waals surface area contributed by atoms with Crippen molar-refractivity contribution in [1.29, 1.82) is 0 Å². The van der Waals surface area contributed by atoms with Gasteiger partial charge in [0.2, 0.25) is 17.7 Å². The summed E-state index contributed by atoms with van der Waals surface area (Å²) in [5.41, 5.74) is -1.13. The summed E-state index contributed by atoms with van der Waals surface area (Å²) in [7, 11) is 0. The van der Waals surface area contributed by atoms with Gasteiger partial charge < -0.3 is 24.5 Å². The molecule has 0 aromatic heterocycles. The number of hydrogen-bond acceptors (Lipinski definition) is 5. The molecule has 0 radical (unpaired) electrons. The molecule has 4 rings (SSSR count). The van der Waals surface area contributed by atoms with Gasteiger partial charge in [-0.25, -0.2) is 0 Å². The van der Waals surface area contributed by atoms with Crippen LogP contribution in [0.3, 0.4) is 0 Å². The van der Waals surface area contributed by atoms with Crippen LogP contribution < -0.4 is 0 Å². The number of aliphatic hydroxyl groups excluding tert-OH is 1. The number of rotatable bonds is 9. The van der Waals surface area contributed by atoms with Crippen LogP contribution in [-0.4, -0.2) is 94.1 Å². The van der Waals surface area contributed by atoms with Crippen molar-refractivity contribution in [2.75, 3.05) is 32.8 Å². The van der Waals surface area contributed by atoms with Crippen LogP contribution in [0.1, 0.15) is 52.9 Å². The summed E-state index contributed by atoms with van der Waals surface area (Å²) < 4.78 is 6.62. The first-order valence-corrected chi connectivity index (χ1v) is 12.9. The Morgan fingerprint density at radius 3 is 2.50 bits per heavy atom. The third-order valence-corrected chi connectivity index (χ3v) is 7.70. The van der Waals surface area contributed by atoms with Crippen molar-refractivity contribution in [2.45, 2.75) is 76.7 Å². The maximum Gasteiger partial charge on any atom is 0.249 e. The van der Waals surface area contributed by atoms with Crippen LogP contribution in [-0.2, 0) is 19.1 Å². The Balaban J connectivity index is 1.71. The summed E-state index contributed by atoms with van der Waals surface area (Å²) >= 11 is 0. The summed E-state index contributed by atoms with van der Waals surface area (Å²) in [6, 6.07) is -0.780. The van der Waals surface area contributed by atoms with E-state index < -0.39 is 29.6 Å². The number of fused-ring (bicyclic) bond motifs is 2. The van der Waals surface area contributed by atoms with Gasteiger partial charge in [0.1, 0.15) is 11.6 Å². The van der Waals surface area contributed by atoms with Gasteiger partial charge in [0.15, 0.2) is 0 Å². The molecule has 5 atom stereocenters. The minimum absolute atomic E-state index is 0.0127. The number of amides is 3. The van der Waals surface area contributed by atoms with Gasteiger partial charge in [0.25, 0.3) is 0 Å². The van der Waals surface area contributed by atoms with Crippen molar-refractivity contribution in [3.63, 3.8) is 0 Å². The molecule has 1 unspecified atom stereocenters. The minimum atomic E-state index is -1.13. The molecule has 4 heterocycles. The first kappa shape index (κ1) is 24.9. The average Bonchev–Trinajstić information content (AvgIpc) is 3.11. The van der Waals surface area contributed by atoms with Crippen molar-refractivity contribution >= 4 is 17.7 Å². The van der Waals surface area contributed by atoms with Gasteiger partial charge in [-0.3, -0.25) is 14.4 Å². The summed E-state index contributed by atoms with van der Waals surface area (Å²) in [5, 5.41) is 9.07. The highest BCUT2D eigenvalue weighted by Crippen LogP contribution is 2.53. The number of aliphatic hydroxyl groups is 1. The molecule has 0 bridgehead atoms. The van der Waals surface area contributed by atoms with Gasteiger partial charge in [-0.2, -0.15) is 0 Å². The first-order chi connectivity index (χ1) is 16.4. The molecule has 1 spiro atoms. The number of likely N-dealkylation sites (tertiary alicyclic amines) is 1. The summed E-state index contributed by atoms with van der Waals surface area (Å²) in [6.07, 6.45) is 11.3. The third-order valence-electron chi connectivity index (χ3n) is 7.70. The molecule has 34 heavy (non-hydrogen) atoms. The molecular weight excluding hydrogens is 434 g/mol. The molecule has 2 fully saturated rings. The van der Waals surface area contributed by atoms with Crippen molar-refractivity contribution in [3.05, 3.63) is 24.3 Å². The van der Waals surface area contributed by atoms with E-state index in [1.807, 2.05) is 50.0 Å². The Hall–Kier alpha value is -2.19. The smallest absolute Gasteiger partial charge is 0.249 e. The molecule has 8 heteroatoms. The zero-order valence-electron chi connectivity index (χ0n) is 20.7. The predicted molar refractivity (Wildman–Crippen MR) is 128 cm³/mol. The maximum absolute atomic E-state index is 14.0. The normalized spacial score (nSPS) is 32.9. The zero-order valence-corrected chi connectivity index (χ0v) is 20.7. The Morgan fingerprint density at radius 2 is 1.79 bits per heavy atom. The molecule has 4 aliphatic rings. The van der Waals surface area contributed by atoms with Gasteiger partial charge >= 0.3 is 0 Å². The lowest BCUT2D eigenvalue weighted by Gasteiger charge is -2.36. The van der Waals surface area contributed by atoms with Gasteiger partial charge in [-0.15, -0.1) is 0 Å². The second-order valence-corrected chi connectivity index (χ2v) is 10.2. The molecule has 0 aliphatic carbocycles. The van der Waals surface area contributed by atoms with Gasteiger partial charge in [0.05, 0.1) is 17.9 Å². The Kier molecular flexibility index (Phi) is 7.48. The fraction of sp³-hybridized carbons (Fsp3) is 0.731. The largest absolute Gasteiger partial charge is 0.396 e. The summed E-state index contributed by atoms with van der Waals surface area (Å²) in [5.74, 6) is -1.64. The van der Waals surface area contributed by atoms with Crippen molar-refractivity contribution < 1.29 is 24.2 Å². The Bertz CT molecular complexity index is 855. The number of ether oxygens (including phenoxy) is 1. The lowest BCUT2D eigenvalue weighted by molar-refractivity contribution is -0.149. The number of hydrogen-bond donors (Lipinski definition) is 1. The lowest BCUT2D eigenvalue weighted by Crippen LogP contribution is -2.56. The first-order valence-electron chi connectivity index (χ1n) is 12.9. The summed E-state index contributed by atoms with van der Waals surface area (Å²) in [4.78, 5) is 46.8. The monoisotopic (exact) mass is 473 g/mol. The molecule has 0 aromatic carbocycles. The number of carbonyl (C=O) groups is 3. The zero-order chi connectivity index (χ0) is 24.5. The molecule has 0 saturated carbocycles. The second kappa shape index (κ2) is 10.2. The molecule has 1 N–H and O–H groups in total. The molecule has 0 aromatic rings. The van der Waals surface area contributed by atoms with E-state index in [1.54, 1.807) is 9.80 Å². The molecular formula is C26H39N3O5. The lowest BCUT2D eigenvalue weighted by atomic mass is 9.77. The van der Waals surface area contributed by atoms with Gasteiger partial charge in [-0.1, -0.05) is 44.1 Å². The van der Waals surface area contributed by atoms with Crippen molar-refractivity contribution in [2.24, 2.45) is 11.8 Å². The third kappa shape index (κ3) is 4.09. The maximum atomic E-state index is 14.0. The number of carbonyl (C=O) groups excluding carboxylic acids is 3. The van der Waals surface area contributed by atoms with Crippen LogP contribution in [0.5, 0.6) is 0 Å². The molecule has 3 amide bonds. The van der Waals surface area contributed by atoms with Gasteiger partial charge in [0, 0.05) is 38.8 Å². The Labute approximate surface area is 202 Å². The molecule has 2 saturated heterocycles. The standard InChI is InChI=1S/C26H39N3O5/c1-4-13-27-14-9-11-19-20(23(27)31)21-24(32)29(15-7-5-6-8-17-30)22-25(33)28(18(2)3)16-10-12-26(21,22)34-19/h9-12,18-22,30H,4-8,13-17H2,1-3H3/t19-,20+,21-,22?,26-/m0/s1. The van der Waals surface area contributed by atoms with Crippen LogP contribution in [0, 0.1) is 11.8 Å². The fourth-order valence-electron chi connectivity index (χ4n) is 6.13. The Morgan fingerprint density at radius 1 is 1.03 bits per heavy atom. The van der Waals surface area contributed by atoms with E-state index in [4.69, 9.17) is 9.84 Å². The summed E-state index contributed by atoms with van der Waals surface area (Å²) in [6.45, 7) is 8.21. The predicted octanol–water partition coefficient (Wildman–Crippen LogP) is 1.74. The van der Waals surface area contributed by atoms with E-state index in [2.05, 4.69) is 0 Å². The average molecular weight is 474 g/mol. The number of nitrogens with zero attached hydrogens (tertiary/aromatic N) is 3. The topological polar surface area (TPSA) is 90.4 Å². The van der Waals surface area contributed by atoms with E-state index >= 15 is 0 Å². The van der Waals surface area contributed by atoms with E-state index in [-0.39, 0.29) is 30.4 Å². The van der Waals surface area contributed by atoms with Crippen molar-refractivity contribution in [1.82, 2.24) is 14.7 Å². The minimum Gasteiger partial charge on any atom is -0.396 e. The fourth-order valence-corrected chi connectivity index (χ4v) is 6.13. The van der Waals surface area contributed by atoms with Crippen LogP contribution in [0.15, 0.2) is 24.3 Å². The highest BCUT2D eigenvalue weighted by molar-refractivity contribution is 5.99. The number of unbranched alkanes of at least 4 members (excludes halogenated alkanes) is 3. The van der Waals surface area contributed by atoms with E-state index in [0.29, 0.717) is 26.2 Å². The molecule has 188 valence electrons. The highest BCUT2D eigenvalue weighted by atomic mass is 16.5. The van der Waals surface area contributed by atoms with Crippen LogP contribution in [0.4, 0.5) is 0 Å². The molecule has 4 aliphatic heterocycles. The second-order valence-electron chi connectivity index (χ2n) is 10.2. The van der Waals surface area contributed by atoms with E-state index in [1.165, 1.54) is 0 Å². The van der Waals surface area contributed by atoms with Gasteiger partial charge in [-0.05, 0) is 33.1 Å². The SMILES string of the molecule is CCCN1CC=C[C@@H]2O[C@]34C=CCN(C(C)C)C(=O)C3N(CCCCCCO)C(=O)[C@@H]4[C@@H]2C1=O. The van der Waals surface area contributed by atoms with Crippen molar-refractivity contribution in [3.8, 4) is 0 Å². The van der Waals surface area contributed by atoms with Crippen LogP contribution in [0.25, 0.3) is 0 Å². The van der Waals surface area contributed by atoms with Crippen LogP contribution >= 0.6 is 0 Å².